The van der Waals surface area contributed by atoms with Gasteiger partial charge in [-0.25, -0.2) is 0 Å². The minimum atomic E-state index is -0.109. The van der Waals surface area contributed by atoms with E-state index in [-0.39, 0.29) is 23.9 Å². The normalized spacial score (nSPS) is 10.6. The number of ketones is 2. The van der Waals surface area contributed by atoms with Crippen molar-refractivity contribution in [3.8, 4) is 5.75 Å². The molecule has 19 heavy (non-hydrogen) atoms. The molecule has 1 rings (SSSR count). The number of benzene rings is 1. The van der Waals surface area contributed by atoms with Crippen LogP contribution < -0.4 is 4.74 Å². The summed E-state index contributed by atoms with van der Waals surface area (Å²) in [5, 5.41) is 0. The highest BCUT2D eigenvalue weighted by atomic mass is 16.5. The molecule has 0 aromatic heterocycles. The van der Waals surface area contributed by atoms with Crippen LogP contribution >= 0.6 is 0 Å². The van der Waals surface area contributed by atoms with Gasteiger partial charge in [-0.2, -0.15) is 0 Å². The van der Waals surface area contributed by atoms with Crippen LogP contribution in [0.3, 0.4) is 0 Å². The van der Waals surface area contributed by atoms with Crippen LogP contribution in [0.2, 0.25) is 0 Å². The molecule has 0 amide bonds. The molecule has 3 heteroatoms. The first-order valence-corrected chi connectivity index (χ1v) is 6.66. The Morgan fingerprint density at radius 3 is 2.32 bits per heavy atom. The van der Waals surface area contributed by atoms with E-state index in [2.05, 4.69) is 0 Å². The van der Waals surface area contributed by atoms with Gasteiger partial charge in [0, 0.05) is 11.5 Å². The predicted molar refractivity (Wildman–Crippen MR) is 75.9 cm³/mol. The first-order valence-electron chi connectivity index (χ1n) is 6.66. The van der Waals surface area contributed by atoms with Gasteiger partial charge in [-0.3, -0.25) is 9.59 Å². The van der Waals surface area contributed by atoms with Crippen LogP contribution in [0, 0.1) is 19.8 Å². The van der Waals surface area contributed by atoms with Crippen LogP contribution in [0.1, 0.15) is 48.7 Å². The van der Waals surface area contributed by atoms with E-state index in [1.54, 1.807) is 0 Å². The van der Waals surface area contributed by atoms with E-state index in [4.69, 9.17) is 4.74 Å². The van der Waals surface area contributed by atoms with Gasteiger partial charge in [0.2, 0.25) is 0 Å². The topological polar surface area (TPSA) is 43.4 Å². The van der Waals surface area contributed by atoms with Crippen molar-refractivity contribution in [2.75, 3.05) is 6.61 Å². The summed E-state index contributed by atoms with van der Waals surface area (Å²) < 4.78 is 5.49. The number of rotatable bonds is 6. The molecule has 0 N–H and O–H groups in total. The van der Waals surface area contributed by atoms with E-state index < -0.39 is 0 Å². The SMILES string of the molecule is CCOc1cc(C)c(C(=O)CC(=O)C(C)C)cc1C. The molecule has 0 aliphatic rings. The van der Waals surface area contributed by atoms with Crippen molar-refractivity contribution in [3.63, 3.8) is 0 Å². The largest absolute Gasteiger partial charge is 0.494 e. The summed E-state index contributed by atoms with van der Waals surface area (Å²) in [7, 11) is 0. The lowest BCUT2D eigenvalue weighted by molar-refractivity contribution is -0.121. The first kappa shape index (κ1) is 15.4. The van der Waals surface area contributed by atoms with Crippen molar-refractivity contribution in [2.45, 2.75) is 41.0 Å². The van der Waals surface area contributed by atoms with Gasteiger partial charge in [0.1, 0.15) is 11.5 Å². The quantitative estimate of drug-likeness (QED) is 0.582. The molecular formula is C16H22O3. The Kier molecular flexibility index (Phi) is 5.28. The van der Waals surface area contributed by atoms with Crippen LogP contribution in [0.15, 0.2) is 12.1 Å². The lowest BCUT2D eigenvalue weighted by atomic mass is 9.95. The summed E-state index contributed by atoms with van der Waals surface area (Å²) in [4.78, 5) is 23.8. The Bertz CT molecular complexity index is 487. The predicted octanol–water partition coefficient (Wildman–Crippen LogP) is 3.50. The van der Waals surface area contributed by atoms with Crippen molar-refractivity contribution >= 4 is 11.6 Å². The van der Waals surface area contributed by atoms with Crippen LogP contribution in [0.4, 0.5) is 0 Å². The molecule has 104 valence electrons. The van der Waals surface area contributed by atoms with Gasteiger partial charge < -0.3 is 4.74 Å². The molecule has 1 aromatic carbocycles. The molecule has 0 aliphatic carbocycles. The summed E-state index contributed by atoms with van der Waals surface area (Å²) in [6.07, 6.45) is -0.0219. The number of Topliss-reactive ketones (excluding diaryl/α,β-unsaturated/α-hetero) is 2. The molecule has 1 aromatic rings. The molecule has 0 saturated carbocycles. The molecule has 0 spiro atoms. The van der Waals surface area contributed by atoms with E-state index in [1.807, 2.05) is 46.8 Å². The standard InChI is InChI=1S/C16H22O3/c1-6-19-16-8-11(4)13(7-12(16)5)15(18)9-14(17)10(2)3/h7-8,10H,6,9H2,1-5H3. The smallest absolute Gasteiger partial charge is 0.170 e. The van der Waals surface area contributed by atoms with Gasteiger partial charge in [0.05, 0.1) is 13.0 Å². The fourth-order valence-corrected chi connectivity index (χ4v) is 1.86. The van der Waals surface area contributed by atoms with Crippen molar-refractivity contribution < 1.29 is 14.3 Å². The van der Waals surface area contributed by atoms with Crippen LogP contribution in [0.25, 0.3) is 0 Å². The fourth-order valence-electron chi connectivity index (χ4n) is 1.86. The molecule has 0 atom stereocenters. The highest BCUT2D eigenvalue weighted by Gasteiger charge is 2.17. The zero-order chi connectivity index (χ0) is 14.6. The number of carbonyl (C=O) groups is 2. The van der Waals surface area contributed by atoms with Crippen LogP contribution in [-0.4, -0.2) is 18.2 Å². The molecule has 0 fully saturated rings. The van der Waals surface area contributed by atoms with Crippen molar-refractivity contribution in [3.05, 3.63) is 28.8 Å². The fraction of sp³-hybridized carbons (Fsp3) is 0.500. The van der Waals surface area contributed by atoms with Crippen molar-refractivity contribution in [2.24, 2.45) is 5.92 Å². The first-order chi connectivity index (χ1) is 8.86. The van der Waals surface area contributed by atoms with Gasteiger partial charge in [0.15, 0.2) is 5.78 Å². The summed E-state index contributed by atoms with van der Waals surface area (Å²) >= 11 is 0. The molecule has 0 bridgehead atoms. The second kappa shape index (κ2) is 6.50. The Labute approximate surface area is 115 Å². The monoisotopic (exact) mass is 262 g/mol. The molecule has 0 radical (unpaired) electrons. The third kappa shape index (κ3) is 3.91. The van der Waals surface area contributed by atoms with E-state index in [0.717, 1.165) is 16.9 Å². The van der Waals surface area contributed by atoms with Crippen molar-refractivity contribution in [1.82, 2.24) is 0 Å². The maximum Gasteiger partial charge on any atom is 0.170 e. The summed E-state index contributed by atoms with van der Waals surface area (Å²) in [5.41, 5.74) is 2.40. The average Bonchev–Trinajstić information content (AvgIpc) is 2.33. The van der Waals surface area contributed by atoms with Gasteiger partial charge >= 0.3 is 0 Å². The summed E-state index contributed by atoms with van der Waals surface area (Å²) in [6, 6.07) is 3.68. The van der Waals surface area contributed by atoms with Gasteiger partial charge in [-0.1, -0.05) is 13.8 Å². The third-order valence-corrected chi connectivity index (χ3v) is 3.10. The van der Waals surface area contributed by atoms with Gasteiger partial charge in [0.25, 0.3) is 0 Å². The molecule has 0 aliphatic heterocycles. The van der Waals surface area contributed by atoms with Gasteiger partial charge in [-0.05, 0) is 44.0 Å². The second-order valence-corrected chi connectivity index (χ2v) is 5.09. The summed E-state index contributed by atoms with van der Waals surface area (Å²) in [5.74, 6) is 0.568. The highest BCUT2D eigenvalue weighted by molar-refractivity contribution is 6.09. The molecular weight excluding hydrogens is 240 g/mol. The second-order valence-electron chi connectivity index (χ2n) is 5.09. The molecule has 0 saturated heterocycles. The molecule has 0 heterocycles. The minimum absolute atomic E-state index is 0.0177. The zero-order valence-electron chi connectivity index (χ0n) is 12.4. The lowest BCUT2D eigenvalue weighted by Crippen LogP contribution is -2.14. The van der Waals surface area contributed by atoms with E-state index in [9.17, 15) is 9.59 Å². The Morgan fingerprint density at radius 2 is 1.79 bits per heavy atom. The third-order valence-electron chi connectivity index (χ3n) is 3.10. The highest BCUT2D eigenvalue weighted by Crippen LogP contribution is 2.24. The number of hydrogen-bond acceptors (Lipinski definition) is 3. The van der Waals surface area contributed by atoms with Crippen LogP contribution in [-0.2, 0) is 4.79 Å². The Balaban J connectivity index is 2.98. The maximum atomic E-state index is 12.1. The number of aryl methyl sites for hydroxylation is 2. The van der Waals surface area contributed by atoms with Crippen molar-refractivity contribution in [1.29, 1.82) is 0 Å². The summed E-state index contributed by atoms with van der Waals surface area (Å²) in [6.45, 7) is 9.92. The minimum Gasteiger partial charge on any atom is -0.494 e. The lowest BCUT2D eigenvalue weighted by Gasteiger charge is -2.12. The zero-order valence-corrected chi connectivity index (χ0v) is 12.4. The van der Waals surface area contributed by atoms with Crippen LogP contribution in [0.5, 0.6) is 5.75 Å². The van der Waals surface area contributed by atoms with Gasteiger partial charge in [-0.15, -0.1) is 0 Å². The number of ether oxygens (including phenoxy) is 1. The van der Waals surface area contributed by atoms with E-state index >= 15 is 0 Å². The number of hydrogen-bond donors (Lipinski definition) is 0. The average molecular weight is 262 g/mol. The Hall–Kier alpha value is -1.64. The molecule has 3 nitrogen and oxygen atoms in total. The van der Waals surface area contributed by atoms with E-state index in [0.29, 0.717) is 12.2 Å². The van der Waals surface area contributed by atoms with E-state index in [1.165, 1.54) is 0 Å². The Morgan fingerprint density at radius 1 is 1.16 bits per heavy atom. The molecule has 0 unspecified atom stereocenters. The maximum absolute atomic E-state index is 12.1. The number of carbonyl (C=O) groups excluding carboxylic acids is 2.